The van der Waals surface area contributed by atoms with Crippen LogP contribution in [0, 0.1) is 0 Å². The van der Waals surface area contributed by atoms with Crippen molar-refractivity contribution in [1.29, 1.82) is 0 Å². The molecule has 0 bridgehead atoms. The second-order valence-corrected chi connectivity index (χ2v) is 13.1. The number of hydrogen-bond acceptors (Lipinski definition) is 7. The quantitative estimate of drug-likeness (QED) is 0.0420. The van der Waals surface area contributed by atoms with Crippen LogP contribution >= 0.6 is 11.8 Å². The maximum absolute atomic E-state index is 12.5. The highest BCUT2D eigenvalue weighted by atomic mass is 32.2. The maximum Gasteiger partial charge on any atom is 0.243 e. The molecular weight excluding hydrogens is 625 g/mol. The molecule has 252 valence electrons. The predicted octanol–water partition coefficient (Wildman–Crippen LogP) is 7.65. The molecule has 0 saturated carbocycles. The van der Waals surface area contributed by atoms with E-state index in [1.54, 1.807) is 17.2 Å². The van der Waals surface area contributed by atoms with Crippen molar-refractivity contribution < 1.29 is 29.4 Å². The Labute approximate surface area is 286 Å². The number of unbranched alkanes of at least 4 members (excludes halogenated alkanes) is 3. The Bertz CT molecular complexity index is 1580. The molecule has 4 aromatic rings. The van der Waals surface area contributed by atoms with Gasteiger partial charge in [-0.3, -0.25) is 14.8 Å². The minimum atomic E-state index is -0.530. The van der Waals surface area contributed by atoms with Gasteiger partial charge in [-0.25, -0.2) is 5.48 Å². The lowest BCUT2D eigenvalue weighted by Gasteiger charge is -2.36. The number of aliphatic hydroxyl groups is 1. The molecule has 4 aromatic carbocycles. The summed E-state index contributed by atoms with van der Waals surface area (Å²) < 4.78 is 13.1. The summed E-state index contributed by atoms with van der Waals surface area (Å²) in [6, 6.07) is 34.6. The van der Waals surface area contributed by atoms with E-state index in [0.717, 1.165) is 64.8 Å². The summed E-state index contributed by atoms with van der Waals surface area (Å²) in [7, 11) is 0. The van der Waals surface area contributed by atoms with Crippen molar-refractivity contribution in [2.45, 2.75) is 81.5 Å². The number of rotatable bonds is 16. The highest BCUT2D eigenvalue weighted by Crippen LogP contribution is 2.40. The van der Waals surface area contributed by atoms with E-state index in [0.29, 0.717) is 19.4 Å². The summed E-state index contributed by atoms with van der Waals surface area (Å²) in [6.45, 7) is 0.437. The van der Waals surface area contributed by atoms with Crippen LogP contribution in [0.5, 0.6) is 0 Å². The zero-order valence-electron chi connectivity index (χ0n) is 27.1. The Hall–Kier alpha value is -3.99. The van der Waals surface area contributed by atoms with Gasteiger partial charge in [-0.1, -0.05) is 104 Å². The number of carbonyl (C=O) groups is 2. The van der Waals surface area contributed by atoms with E-state index in [1.165, 1.54) is 4.90 Å². The summed E-state index contributed by atoms with van der Waals surface area (Å²) in [5, 5.41) is 21.1. The normalized spacial score (nSPS) is 17.5. The van der Waals surface area contributed by atoms with Crippen LogP contribution < -0.4 is 10.8 Å². The fourth-order valence-corrected chi connectivity index (χ4v) is 6.71. The van der Waals surface area contributed by atoms with Gasteiger partial charge in [0.15, 0.2) is 6.29 Å². The van der Waals surface area contributed by atoms with E-state index < -0.39 is 6.29 Å². The Morgan fingerprint density at radius 3 is 2.12 bits per heavy atom. The van der Waals surface area contributed by atoms with Crippen molar-refractivity contribution in [3.05, 3.63) is 125 Å². The minimum Gasteiger partial charge on any atom is -0.392 e. The molecule has 4 N–H and O–H groups in total. The van der Waals surface area contributed by atoms with Gasteiger partial charge in [-0.05, 0) is 52.8 Å². The molecule has 0 spiro atoms. The molecule has 9 heteroatoms. The molecule has 1 aliphatic heterocycles. The Balaban J connectivity index is 1.21. The molecule has 0 aromatic heterocycles. The van der Waals surface area contributed by atoms with E-state index in [-0.39, 0.29) is 37.0 Å². The topological polar surface area (TPSA) is 117 Å². The molecule has 1 heterocycles. The number of aliphatic hydroxyl groups excluding tert-OH is 1. The van der Waals surface area contributed by atoms with E-state index in [4.69, 9.17) is 14.7 Å². The van der Waals surface area contributed by atoms with Gasteiger partial charge in [-0.15, -0.1) is 11.8 Å². The van der Waals surface area contributed by atoms with Gasteiger partial charge >= 0.3 is 0 Å². The molecule has 2 amide bonds. The van der Waals surface area contributed by atoms with Gasteiger partial charge in [0, 0.05) is 42.0 Å². The molecule has 1 aliphatic rings. The van der Waals surface area contributed by atoms with Gasteiger partial charge in [0.2, 0.25) is 11.8 Å². The highest BCUT2D eigenvalue weighted by Gasteiger charge is 2.32. The number of nitrogens with one attached hydrogen (secondary N) is 2. The Kier molecular flexibility index (Phi) is 13.6. The number of thioether (sulfide) groups is 1. The van der Waals surface area contributed by atoms with Crippen LogP contribution in [-0.4, -0.2) is 34.0 Å². The summed E-state index contributed by atoms with van der Waals surface area (Å²) in [5.74, 6) is 0.421. The standard InChI is InChI=1S/C39H44N2O6S/c42-26-28-16-18-30(19-17-28)36-24-33(27-48-34-11-4-3-5-12-34)46-39(47-36)31-22-20-29(21-23-31)35-13-9-8-10-32(35)25-40-37(43)14-6-1-2-7-15-38(44)41-45/h3-5,8-13,16-23,33,36,39,42,45H,1-2,6-7,14-15,24-27H2,(H,40,43)(H,41,44). The molecule has 48 heavy (non-hydrogen) atoms. The third-order valence-electron chi connectivity index (χ3n) is 8.46. The summed E-state index contributed by atoms with van der Waals surface area (Å²) >= 11 is 1.78. The van der Waals surface area contributed by atoms with Crippen LogP contribution in [0.15, 0.2) is 108 Å². The fraction of sp³-hybridized carbons (Fsp3) is 0.333. The van der Waals surface area contributed by atoms with Gasteiger partial charge in [0.1, 0.15) is 0 Å². The van der Waals surface area contributed by atoms with E-state index >= 15 is 0 Å². The SMILES string of the molecule is O=C(CCCCCCC(=O)NCc1ccccc1-c1ccc(C2OC(CSc3ccccc3)CC(c3ccc(CO)cc3)O2)cc1)NO. The highest BCUT2D eigenvalue weighted by molar-refractivity contribution is 7.99. The van der Waals surface area contributed by atoms with Crippen LogP contribution in [0.25, 0.3) is 11.1 Å². The molecule has 1 fully saturated rings. The lowest BCUT2D eigenvalue weighted by atomic mass is 9.97. The van der Waals surface area contributed by atoms with E-state index in [1.807, 2.05) is 60.7 Å². The van der Waals surface area contributed by atoms with Crippen molar-refractivity contribution in [3.63, 3.8) is 0 Å². The van der Waals surface area contributed by atoms with Crippen LogP contribution in [0.3, 0.4) is 0 Å². The van der Waals surface area contributed by atoms with Crippen molar-refractivity contribution >= 4 is 23.6 Å². The summed E-state index contributed by atoms with van der Waals surface area (Å²) in [5.41, 5.74) is 7.63. The Morgan fingerprint density at radius 2 is 1.42 bits per heavy atom. The largest absolute Gasteiger partial charge is 0.392 e. The first-order valence-corrected chi connectivity index (χ1v) is 17.6. The van der Waals surface area contributed by atoms with Crippen molar-refractivity contribution in [2.24, 2.45) is 0 Å². The molecular formula is C39H44N2O6S. The van der Waals surface area contributed by atoms with Crippen molar-refractivity contribution in [3.8, 4) is 11.1 Å². The number of amides is 2. The molecule has 8 nitrogen and oxygen atoms in total. The number of hydroxylamine groups is 1. The van der Waals surface area contributed by atoms with Gasteiger partial charge in [0.05, 0.1) is 18.8 Å². The van der Waals surface area contributed by atoms with Crippen molar-refractivity contribution in [1.82, 2.24) is 10.8 Å². The van der Waals surface area contributed by atoms with E-state index in [2.05, 4.69) is 47.8 Å². The first-order valence-electron chi connectivity index (χ1n) is 16.6. The van der Waals surface area contributed by atoms with Crippen LogP contribution in [-0.2, 0) is 32.2 Å². The average Bonchev–Trinajstić information content (AvgIpc) is 3.15. The number of ether oxygens (including phenoxy) is 2. The summed E-state index contributed by atoms with van der Waals surface area (Å²) in [4.78, 5) is 24.8. The van der Waals surface area contributed by atoms with Gasteiger partial charge in [0.25, 0.3) is 0 Å². The molecule has 0 radical (unpaired) electrons. The number of hydrogen-bond donors (Lipinski definition) is 4. The zero-order chi connectivity index (χ0) is 33.6. The lowest BCUT2D eigenvalue weighted by Crippen LogP contribution is -2.31. The third kappa shape index (κ3) is 10.5. The lowest BCUT2D eigenvalue weighted by molar-refractivity contribution is -0.245. The summed E-state index contributed by atoms with van der Waals surface area (Å²) in [6.07, 6.45) is 3.89. The number of benzene rings is 4. The number of carbonyl (C=O) groups excluding carboxylic acids is 2. The van der Waals surface area contributed by atoms with E-state index in [9.17, 15) is 14.7 Å². The molecule has 3 atom stereocenters. The minimum absolute atomic E-state index is 0.000356. The van der Waals surface area contributed by atoms with Gasteiger partial charge in [-0.2, -0.15) is 0 Å². The molecule has 1 saturated heterocycles. The van der Waals surface area contributed by atoms with Crippen LogP contribution in [0.2, 0.25) is 0 Å². The zero-order valence-corrected chi connectivity index (χ0v) is 27.9. The van der Waals surface area contributed by atoms with Gasteiger partial charge < -0.3 is 19.9 Å². The fourth-order valence-electron chi connectivity index (χ4n) is 5.77. The second-order valence-electron chi connectivity index (χ2n) is 12.0. The average molecular weight is 669 g/mol. The molecule has 0 aliphatic carbocycles. The Morgan fingerprint density at radius 1 is 0.750 bits per heavy atom. The monoisotopic (exact) mass is 668 g/mol. The molecule has 3 unspecified atom stereocenters. The second kappa shape index (κ2) is 18.5. The smallest absolute Gasteiger partial charge is 0.243 e. The first kappa shape index (κ1) is 35.3. The predicted molar refractivity (Wildman–Crippen MR) is 187 cm³/mol. The first-order chi connectivity index (χ1) is 23.5. The van der Waals surface area contributed by atoms with Crippen molar-refractivity contribution in [2.75, 3.05) is 5.75 Å². The maximum atomic E-state index is 12.5. The molecule has 5 rings (SSSR count). The van der Waals surface area contributed by atoms with Crippen LogP contribution in [0.1, 0.15) is 79.6 Å². The van der Waals surface area contributed by atoms with Crippen LogP contribution in [0.4, 0.5) is 0 Å². The third-order valence-corrected chi connectivity index (χ3v) is 9.61.